The lowest BCUT2D eigenvalue weighted by molar-refractivity contribution is -0.132. The Hall–Kier alpha value is -2.44. The molecule has 26 heavy (non-hydrogen) atoms. The van der Waals surface area contributed by atoms with E-state index in [4.69, 9.17) is 4.42 Å². The number of aryl methyl sites for hydroxylation is 2. The maximum Gasteiger partial charge on any atom is 0.347 e. The van der Waals surface area contributed by atoms with E-state index in [0.29, 0.717) is 37.7 Å². The average molecular weight is 356 g/mol. The molecule has 1 aliphatic carbocycles. The van der Waals surface area contributed by atoms with Crippen molar-refractivity contribution in [2.75, 3.05) is 6.54 Å². The first kappa shape index (κ1) is 17.0. The van der Waals surface area contributed by atoms with Crippen molar-refractivity contribution in [1.29, 1.82) is 0 Å². The first-order valence-corrected chi connectivity index (χ1v) is 9.32. The number of aromatic nitrogens is 3. The third-order valence-electron chi connectivity index (χ3n) is 5.45. The number of rotatable bonds is 4. The van der Waals surface area contributed by atoms with Crippen LogP contribution < -0.4 is 5.69 Å². The summed E-state index contributed by atoms with van der Waals surface area (Å²) >= 11 is 0. The van der Waals surface area contributed by atoms with Crippen LogP contribution >= 0.6 is 0 Å². The van der Waals surface area contributed by atoms with Crippen molar-refractivity contribution >= 4 is 5.91 Å². The molecule has 3 heterocycles. The van der Waals surface area contributed by atoms with E-state index in [2.05, 4.69) is 9.97 Å². The van der Waals surface area contributed by atoms with Gasteiger partial charge < -0.3 is 9.32 Å². The van der Waals surface area contributed by atoms with Gasteiger partial charge in [0.15, 0.2) is 5.89 Å². The van der Waals surface area contributed by atoms with Crippen molar-refractivity contribution in [3.8, 4) is 0 Å². The fourth-order valence-corrected chi connectivity index (χ4v) is 3.67. The van der Waals surface area contributed by atoms with Gasteiger partial charge in [-0.3, -0.25) is 9.36 Å². The predicted octanol–water partition coefficient (Wildman–Crippen LogP) is 2.09. The van der Waals surface area contributed by atoms with Crippen molar-refractivity contribution in [2.45, 2.75) is 65.0 Å². The highest BCUT2D eigenvalue weighted by Gasteiger charge is 2.30. The van der Waals surface area contributed by atoms with Crippen LogP contribution in [0.2, 0.25) is 0 Å². The zero-order valence-corrected chi connectivity index (χ0v) is 15.3. The molecule has 1 amide bonds. The van der Waals surface area contributed by atoms with Crippen molar-refractivity contribution < 1.29 is 9.21 Å². The number of nitrogens with zero attached hydrogens (tertiary/aromatic N) is 4. The van der Waals surface area contributed by atoms with Crippen molar-refractivity contribution in [2.24, 2.45) is 0 Å². The van der Waals surface area contributed by atoms with Gasteiger partial charge in [-0.1, -0.05) is 6.42 Å². The molecular formula is C19H24N4O3. The average Bonchev–Trinajstić information content (AvgIpc) is 2.93. The molecule has 2 aromatic heterocycles. The summed E-state index contributed by atoms with van der Waals surface area (Å²) in [5, 5.41) is 0. The molecule has 1 fully saturated rings. The van der Waals surface area contributed by atoms with Gasteiger partial charge in [0, 0.05) is 43.2 Å². The Morgan fingerprint density at radius 1 is 1.31 bits per heavy atom. The molecule has 138 valence electrons. The van der Waals surface area contributed by atoms with E-state index in [1.807, 2.05) is 17.9 Å². The molecule has 0 atom stereocenters. The number of carbonyl (C=O) groups excluding carboxylic acids is 1. The van der Waals surface area contributed by atoms with E-state index in [1.54, 1.807) is 11.5 Å². The Bertz CT molecular complexity index is 895. The van der Waals surface area contributed by atoms with E-state index in [-0.39, 0.29) is 18.0 Å². The summed E-state index contributed by atoms with van der Waals surface area (Å²) in [5.74, 6) is 2.29. The van der Waals surface area contributed by atoms with Crippen LogP contribution in [0.4, 0.5) is 0 Å². The highest BCUT2D eigenvalue weighted by atomic mass is 16.4. The largest absolute Gasteiger partial charge is 0.445 e. The first-order valence-electron chi connectivity index (χ1n) is 9.32. The molecule has 0 aromatic carbocycles. The quantitative estimate of drug-likeness (QED) is 0.838. The van der Waals surface area contributed by atoms with Gasteiger partial charge in [-0.25, -0.2) is 9.78 Å². The molecule has 0 radical (unpaired) electrons. The summed E-state index contributed by atoms with van der Waals surface area (Å²) in [6.45, 7) is 5.16. The number of hydrogen-bond acceptors (Lipinski definition) is 5. The van der Waals surface area contributed by atoms with Crippen LogP contribution in [0.5, 0.6) is 0 Å². The normalized spacial score (nSPS) is 17.1. The lowest BCUT2D eigenvalue weighted by Gasteiger charge is -2.25. The van der Waals surface area contributed by atoms with Gasteiger partial charge in [0.1, 0.15) is 11.5 Å². The zero-order valence-electron chi connectivity index (χ0n) is 15.3. The summed E-state index contributed by atoms with van der Waals surface area (Å²) in [6.07, 6.45) is 4.55. The maximum atomic E-state index is 12.6. The smallest absolute Gasteiger partial charge is 0.347 e. The molecule has 2 aliphatic rings. The van der Waals surface area contributed by atoms with Gasteiger partial charge in [0.05, 0.1) is 6.54 Å². The van der Waals surface area contributed by atoms with E-state index in [1.165, 1.54) is 6.42 Å². The van der Waals surface area contributed by atoms with E-state index < -0.39 is 0 Å². The summed E-state index contributed by atoms with van der Waals surface area (Å²) in [7, 11) is 0. The Balaban J connectivity index is 1.40. The van der Waals surface area contributed by atoms with Crippen LogP contribution in [-0.4, -0.2) is 31.9 Å². The molecule has 0 N–H and O–H groups in total. The van der Waals surface area contributed by atoms with Crippen molar-refractivity contribution in [3.63, 3.8) is 0 Å². The molecule has 7 nitrogen and oxygen atoms in total. The van der Waals surface area contributed by atoms with Crippen LogP contribution in [0.3, 0.4) is 0 Å². The molecule has 4 rings (SSSR count). The third kappa shape index (κ3) is 3.18. The summed E-state index contributed by atoms with van der Waals surface area (Å²) < 4.78 is 7.47. The van der Waals surface area contributed by atoms with E-state index >= 15 is 0 Å². The molecule has 2 aromatic rings. The Morgan fingerprint density at radius 2 is 2.12 bits per heavy atom. The van der Waals surface area contributed by atoms with Crippen LogP contribution in [0.1, 0.15) is 60.3 Å². The molecule has 0 saturated heterocycles. The fourth-order valence-electron chi connectivity index (χ4n) is 3.67. The SMILES string of the molecule is Cc1cc(C)n(CCC(=O)N2CCc3oc(C4CCC4)nc3C2)c(=O)n1. The van der Waals surface area contributed by atoms with Gasteiger partial charge >= 0.3 is 5.69 Å². The van der Waals surface area contributed by atoms with Crippen LogP contribution in [0.15, 0.2) is 15.3 Å². The van der Waals surface area contributed by atoms with E-state index in [9.17, 15) is 9.59 Å². The maximum absolute atomic E-state index is 12.6. The molecule has 0 unspecified atom stereocenters. The minimum Gasteiger partial charge on any atom is -0.445 e. The lowest BCUT2D eigenvalue weighted by atomic mass is 9.85. The predicted molar refractivity (Wildman–Crippen MR) is 94.8 cm³/mol. The van der Waals surface area contributed by atoms with Crippen LogP contribution in [-0.2, 0) is 24.3 Å². The second-order valence-electron chi connectivity index (χ2n) is 7.34. The van der Waals surface area contributed by atoms with Crippen molar-refractivity contribution in [3.05, 3.63) is 45.3 Å². The molecular weight excluding hydrogens is 332 g/mol. The van der Waals surface area contributed by atoms with Crippen LogP contribution in [0.25, 0.3) is 0 Å². The van der Waals surface area contributed by atoms with Gasteiger partial charge in [0.2, 0.25) is 5.91 Å². The molecule has 1 saturated carbocycles. The standard InChI is InChI=1S/C19H24N4O3/c1-12-10-13(2)23(19(25)20-12)9-7-17(24)22-8-6-16-15(11-22)21-18(26-16)14-4-3-5-14/h10,14H,3-9,11H2,1-2H3. The van der Waals surface area contributed by atoms with Gasteiger partial charge in [-0.2, -0.15) is 4.98 Å². The third-order valence-corrected chi connectivity index (χ3v) is 5.45. The number of hydrogen-bond donors (Lipinski definition) is 0. The van der Waals surface area contributed by atoms with Gasteiger partial charge in [-0.05, 0) is 32.8 Å². The second kappa shape index (κ2) is 6.70. The van der Waals surface area contributed by atoms with Gasteiger partial charge in [0.25, 0.3) is 0 Å². The zero-order chi connectivity index (χ0) is 18.3. The van der Waals surface area contributed by atoms with Crippen LogP contribution in [0, 0.1) is 13.8 Å². The highest BCUT2D eigenvalue weighted by Crippen LogP contribution is 2.37. The van der Waals surface area contributed by atoms with E-state index in [0.717, 1.165) is 35.9 Å². The Labute approximate surface area is 152 Å². The number of oxazole rings is 1. The summed E-state index contributed by atoms with van der Waals surface area (Å²) in [5.41, 5.74) is 2.14. The number of carbonyl (C=O) groups is 1. The monoisotopic (exact) mass is 356 g/mol. The number of amides is 1. The highest BCUT2D eigenvalue weighted by molar-refractivity contribution is 5.76. The van der Waals surface area contributed by atoms with Crippen molar-refractivity contribution in [1.82, 2.24) is 19.4 Å². The second-order valence-corrected chi connectivity index (χ2v) is 7.34. The topological polar surface area (TPSA) is 81.2 Å². The number of fused-ring (bicyclic) bond motifs is 1. The summed E-state index contributed by atoms with van der Waals surface area (Å²) in [6, 6.07) is 1.86. The molecule has 0 bridgehead atoms. The molecule has 1 aliphatic heterocycles. The minimum atomic E-state index is -0.294. The molecule has 0 spiro atoms. The van der Waals surface area contributed by atoms with Gasteiger partial charge in [-0.15, -0.1) is 0 Å². The first-order chi connectivity index (χ1) is 12.5. The Kier molecular flexibility index (Phi) is 4.38. The fraction of sp³-hybridized carbons (Fsp3) is 0.579. The minimum absolute atomic E-state index is 0.0377. The Morgan fingerprint density at radius 3 is 2.81 bits per heavy atom. The summed E-state index contributed by atoms with van der Waals surface area (Å²) in [4.78, 5) is 35.0. The molecule has 7 heteroatoms. The lowest BCUT2D eigenvalue weighted by Crippen LogP contribution is -2.37.